The van der Waals surface area contributed by atoms with Gasteiger partial charge >= 0.3 is 0 Å². The lowest BCUT2D eigenvalue weighted by Gasteiger charge is -2.26. The van der Waals surface area contributed by atoms with Crippen molar-refractivity contribution in [3.8, 4) is 0 Å². The number of hydrogen-bond acceptors (Lipinski definition) is 3. The Hall–Kier alpha value is -2.06. The van der Waals surface area contributed by atoms with Crippen LogP contribution in [0.4, 0.5) is 18.9 Å². The van der Waals surface area contributed by atoms with Crippen LogP contribution in [-0.2, 0) is 9.84 Å². The van der Waals surface area contributed by atoms with Crippen LogP contribution in [0.5, 0.6) is 0 Å². The van der Waals surface area contributed by atoms with Gasteiger partial charge in [0.2, 0.25) is 0 Å². The van der Waals surface area contributed by atoms with E-state index in [1.165, 1.54) is 12.1 Å². The van der Waals surface area contributed by atoms with E-state index in [2.05, 4.69) is 12.2 Å². The van der Waals surface area contributed by atoms with Gasteiger partial charge < -0.3 is 5.32 Å². The van der Waals surface area contributed by atoms with Crippen molar-refractivity contribution < 1.29 is 26.4 Å². The Morgan fingerprint density at radius 3 is 2.21 bits per heavy atom. The molecule has 9 heteroatoms. The summed E-state index contributed by atoms with van der Waals surface area (Å²) in [6, 6.07) is 5.01. The Balaban J connectivity index is 1.87. The Kier molecular flexibility index (Phi) is 6.24. The molecule has 0 heterocycles. The van der Waals surface area contributed by atoms with Crippen LogP contribution in [0.3, 0.4) is 0 Å². The van der Waals surface area contributed by atoms with E-state index in [1.807, 2.05) is 0 Å². The van der Waals surface area contributed by atoms with E-state index in [1.54, 1.807) is 0 Å². The number of carbonyl (C=O) groups is 1. The second-order valence-electron chi connectivity index (χ2n) is 7.28. The molecule has 1 saturated carbocycles. The molecule has 1 amide bonds. The standard InChI is InChI=1S/C20H19ClF3NO3S/c1-11-2-5-14(6-3-11)29(27,28)18-8-12(4-7-15(18)21)20(26)25-13-9-16(22)19(24)17(23)10-13/h4,7-11,14H,2-3,5-6H2,1H3,(H,25,26)/t11-,14+. The minimum atomic E-state index is -3.75. The summed E-state index contributed by atoms with van der Waals surface area (Å²) in [5, 5.41) is 1.65. The zero-order valence-corrected chi connectivity index (χ0v) is 17.1. The van der Waals surface area contributed by atoms with Gasteiger partial charge in [0, 0.05) is 23.4 Å². The lowest BCUT2D eigenvalue weighted by molar-refractivity contribution is 0.102. The van der Waals surface area contributed by atoms with Gasteiger partial charge in [0.05, 0.1) is 15.2 Å². The Morgan fingerprint density at radius 2 is 1.62 bits per heavy atom. The fourth-order valence-corrected chi connectivity index (χ4v) is 5.74. The predicted octanol–water partition coefficient (Wildman–Crippen LogP) is 5.36. The first kappa shape index (κ1) is 21.6. The highest BCUT2D eigenvalue weighted by Gasteiger charge is 2.32. The van der Waals surface area contributed by atoms with Crippen molar-refractivity contribution >= 4 is 33.0 Å². The van der Waals surface area contributed by atoms with Crippen molar-refractivity contribution in [1.29, 1.82) is 0 Å². The van der Waals surface area contributed by atoms with Gasteiger partial charge in [0.15, 0.2) is 27.3 Å². The van der Waals surface area contributed by atoms with Gasteiger partial charge in [-0.3, -0.25) is 4.79 Å². The van der Waals surface area contributed by atoms with Crippen molar-refractivity contribution in [1.82, 2.24) is 0 Å². The maximum absolute atomic E-state index is 13.3. The average molecular weight is 446 g/mol. The van der Waals surface area contributed by atoms with Crippen LogP contribution >= 0.6 is 11.6 Å². The molecule has 2 aromatic rings. The lowest BCUT2D eigenvalue weighted by atomic mass is 9.91. The maximum atomic E-state index is 13.3. The summed E-state index contributed by atoms with van der Waals surface area (Å²) < 4.78 is 65.8. The molecule has 156 valence electrons. The summed E-state index contributed by atoms with van der Waals surface area (Å²) in [6.07, 6.45) is 2.63. The van der Waals surface area contributed by atoms with Gasteiger partial charge in [-0.2, -0.15) is 0 Å². The van der Waals surface area contributed by atoms with E-state index in [9.17, 15) is 26.4 Å². The normalized spacial score (nSPS) is 19.8. The summed E-state index contributed by atoms with van der Waals surface area (Å²) in [4.78, 5) is 12.3. The molecule has 0 aliphatic heterocycles. The number of benzene rings is 2. The van der Waals surface area contributed by atoms with E-state index >= 15 is 0 Å². The quantitative estimate of drug-likeness (QED) is 0.644. The molecule has 1 N–H and O–H groups in total. The number of hydrogen-bond donors (Lipinski definition) is 1. The lowest BCUT2D eigenvalue weighted by Crippen LogP contribution is -2.27. The monoisotopic (exact) mass is 445 g/mol. The summed E-state index contributed by atoms with van der Waals surface area (Å²) >= 11 is 6.10. The van der Waals surface area contributed by atoms with Crippen LogP contribution in [0.15, 0.2) is 35.2 Å². The zero-order chi connectivity index (χ0) is 21.3. The van der Waals surface area contributed by atoms with E-state index in [-0.39, 0.29) is 21.2 Å². The first-order valence-electron chi connectivity index (χ1n) is 9.09. The van der Waals surface area contributed by atoms with Crippen LogP contribution in [0, 0.1) is 23.4 Å². The smallest absolute Gasteiger partial charge is 0.255 e. The number of halogens is 4. The number of anilines is 1. The molecule has 0 spiro atoms. The number of nitrogens with one attached hydrogen (secondary N) is 1. The largest absolute Gasteiger partial charge is 0.322 e. The molecule has 3 rings (SSSR count). The summed E-state index contributed by atoms with van der Waals surface area (Å²) in [6.45, 7) is 2.07. The second kappa shape index (κ2) is 8.36. The summed E-state index contributed by atoms with van der Waals surface area (Å²) in [5.74, 6) is -4.90. The third-order valence-corrected chi connectivity index (χ3v) is 7.88. The summed E-state index contributed by atoms with van der Waals surface area (Å²) in [5.41, 5.74) is -0.352. The molecule has 1 aliphatic carbocycles. The summed E-state index contributed by atoms with van der Waals surface area (Å²) in [7, 11) is -3.75. The number of sulfone groups is 1. The van der Waals surface area contributed by atoms with Gasteiger partial charge in [0.25, 0.3) is 5.91 Å². The van der Waals surface area contributed by atoms with E-state index in [0.717, 1.165) is 18.9 Å². The molecule has 0 atom stereocenters. The number of carbonyl (C=O) groups excluding carboxylic acids is 1. The zero-order valence-electron chi connectivity index (χ0n) is 15.5. The van der Waals surface area contributed by atoms with Crippen molar-refractivity contribution in [3.63, 3.8) is 0 Å². The van der Waals surface area contributed by atoms with Crippen LogP contribution in [0.1, 0.15) is 43.0 Å². The Morgan fingerprint density at radius 1 is 1.03 bits per heavy atom. The van der Waals surface area contributed by atoms with Gasteiger partial charge in [-0.1, -0.05) is 18.5 Å². The first-order valence-corrected chi connectivity index (χ1v) is 11.0. The first-order chi connectivity index (χ1) is 13.6. The molecule has 0 bridgehead atoms. The van der Waals surface area contributed by atoms with Gasteiger partial charge in [-0.05, 0) is 49.8 Å². The van der Waals surface area contributed by atoms with Gasteiger partial charge in [-0.15, -0.1) is 0 Å². The van der Waals surface area contributed by atoms with E-state index < -0.39 is 38.4 Å². The predicted molar refractivity (Wildman–Crippen MR) is 104 cm³/mol. The Bertz CT molecular complexity index is 1030. The second-order valence-corrected chi connectivity index (χ2v) is 9.88. The maximum Gasteiger partial charge on any atom is 0.255 e. The minimum Gasteiger partial charge on any atom is -0.322 e. The van der Waals surface area contributed by atoms with Gasteiger partial charge in [-0.25, -0.2) is 21.6 Å². The molecule has 4 nitrogen and oxygen atoms in total. The highest BCUT2D eigenvalue weighted by Crippen LogP contribution is 2.34. The van der Waals surface area contributed by atoms with E-state index in [4.69, 9.17) is 11.6 Å². The molecular formula is C20H19ClF3NO3S. The molecule has 0 unspecified atom stereocenters. The number of rotatable bonds is 4. The highest BCUT2D eigenvalue weighted by atomic mass is 35.5. The molecule has 1 aliphatic rings. The SMILES string of the molecule is C[C@H]1CC[C@@H](S(=O)(=O)c2cc(C(=O)Nc3cc(F)c(F)c(F)c3)ccc2Cl)CC1. The van der Waals surface area contributed by atoms with Crippen molar-refractivity contribution in [2.45, 2.75) is 42.8 Å². The molecular weight excluding hydrogens is 427 g/mol. The molecule has 0 radical (unpaired) electrons. The van der Waals surface area contributed by atoms with Crippen molar-refractivity contribution in [2.24, 2.45) is 5.92 Å². The molecule has 2 aromatic carbocycles. The van der Waals surface area contributed by atoms with Crippen LogP contribution in [0.25, 0.3) is 0 Å². The molecule has 1 fully saturated rings. The van der Waals surface area contributed by atoms with Crippen molar-refractivity contribution in [3.05, 3.63) is 58.4 Å². The molecule has 0 aromatic heterocycles. The fourth-order valence-electron chi connectivity index (χ4n) is 3.41. The topological polar surface area (TPSA) is 63.2 Å². The van der Waals surface area contributed by atoms with Crippen LogP contribution in [0.2, 0.25) is 5.02 Å². The highest BCUT2D eigenvalue weighted by molar-refractivity contribution is 7.92. The number of amides is 1. The Labute approximate surface area is 172 Å². The molecule has 29 heavy (non-hydrogen) atoms. The molecule has 0 saturated heterocycles. The van der Waals surface area contributed by atoms with Crippen LogP contribution < -0.4 is 5.32 Å². The van der Waals surface area contributed by atoms with Gasteiger partial charge in [0.1, 0.15) is 0 Å². The fraction of sp³-hybridized carbons (Fsp3) is 0.350. The average Bonchev–Trinajstić information content (AvgIpc) is 2.66. The van der Waals surface area contributed by atoms with Crippen LogP contribution in [-0.4, -0.2) is 19.6 Å². The van der Waals surface area contributed by atoms with E-state index in [0.29, 0.717) is 30.9 Å². The third-order valence-electron chi connectivity index (χ3n) is 5.14. The minimum absolute atomic E-state index is 0.000886. The van der Waals surface area contributed by atoms with Crippen molar-refractivity contribution in [2.75, 3.05) is 5.32 Å². The third kappa shape index (κ3) is 4.59.